The van der Waals surface area contributed by atoms with Crippen molar-refractivity contribution in [2.75, 3.05) is 19.6 Å². The average molecular weight is 164 g/mol. The highest BCUT2D eigenvalue weighted by atomic mass is 15.1. The van der Waals surface area contributed by atoms with E-state index in [0.717, 1.165) is 26.1 Å². The normalized spacial score (nSPS) is 8.83. The first-order valence-corrected chi connectivity index (χ1v) is 4.34. The first kappa shape index (κ1) is 11.0. The Kier molecular flexibility index (Phi) is 7.44. The van der Waals surface area contributed by atoms with Crippen molar-refractivity contribution < 1.29 is 0 Å². The van der Waals surface area contributed by atoms with Crippen molar-refractivity contribution >= 4 is 0 Å². The van der Waals surface area contributed by atoms with Gasteiger partial charge in [0.15, 0.2) is 0 Å². The molecule has 0 bridgehead atoms. The summed E-state index contributed by atoms with van der Waals surface area (Å²) in [6.07, 6.45) is 1.53. The quantitative estimate of drug-likeness (QED) is 0.577. The molecule has 0 spiro atoms. The van der Waals surface area contributed by atoms with Gasteiger partial charge < -0.3 is 4.90 Å². The van der Waals surface area contributed by atoms with Crippen molar-refractivity contribution in [3.63, 3.8) is 0 Å². The van der Waals surface area contributed by atoms with Crippen molar-refractivity contribution in [1.82, 2.24) is 4.90 Å². The number of nitrogens with zero attached hydrogens (tertiary/aromatic N) is 2. The number of hydrogen-bond acceptors (Lipinski definition) is 2. The second kappa shape index (κ2) is 8.11. The zero-order valence-corrected chi connectivity index (χ0v) is 7.93. The molecule has 0 amide bonds. The second-order valence-electron chi connectivity index (χ2n) is 2.52. The van der Waals surface area contributed by atoms with Crippen molar-refractivity contribution in [3.8, 4) is 17.9 Å². The highest BCUT2D eigenvalue weighted by Crippen LogP contribution is 1.92. The molecule has 0 aromatic rings. The van der Waals surface area contributed by atoms with Crippen molar-refractivity contribution in [2.45, 2.75) is 26.7 Å². The molecule has 2 nitrogen and oxygen atoms in total. The third-order valence-corrected chi connectivity index (χ3v) is 1.72. The molecule has 0 aromatic carbocycles. The topological polar surface area (TPSA) is 27.0 Å². The van der Waals surface area contributed by atoms with Gasteiger partial charge in [-0.3, -0.25) is 0 Å². The maximum absolute atomic E-state index is 8.38. The van der Waals surface area contributed by atoms with Crippen LogP contribution in [0, 0.1) is 23.2 Å². The molecular formula is C10H16N2. The maximum Gasteiger partial charge on any atom is 0.0635 e. The molecule has 0 aliphatic heterocycles. The van der Waals surface area contributed by atoms with Gasteiger partial charge >= 0.3 is 0 Å². The molecule has 0 radical (unpaired) electrons. The highest BCUT2D eigenvalue weighted by molar-refractivity contribution is 4.95. The van der Waals surface area contributed by atoms with E-state index in [1.165, 1.54) is 0 Å². The molecule has 0 heterocycles. The van der Waals surface area contributed by atoms with Crippen LogP contribution in [0.4, 0.5) is 0 Å². The summed E-state index contributed by atoms with van der Waals surface area (Å²) in [7, 11) is 0. The van der Waals surface area contributed by atoms with Crippen molar-refractivity contribution in [2.24, 2.45) is 0 Å². The molecule has 0 N–H and O–H groups in total. The van der Waals surface area contributed by atoms with Gasteiger partial charge in [-0.2, -0.15) is 5.26 Å². The van der Waals surface area contributed by atoms with Gasteiger partial charge in [-0.25, -0.2) is 0 Å². The molecule has 0 fully saturated rings. The highest BCUT2D eigenvalue weighted by Gasteiger charge is 1.98. The molecule has 0 aliphatic carbocycles. The van der Waals surface area contributed by atoms with Gasteiger partial charge in [-0.1, -0.05) is 6.92 Å². The zero-order chi connectivity index (χ0) is 9.23. The summed E-state index contributed by atoms with van der Waals surface area (Å²) in [5, 5.41) is 8.38. The van der Waals surface area contributed by atoms with Crippen LogP contribution in [0.1, 0.15) is 26.7 Å². The minimum atomic E-state index is 0.618. The predicted octanol–water partition coefficient (Wildman–Crippen LogP) is 1.64. The van der Waals surface area contributed by atoms with Gasteiger partial charge in [-0.05, 0) is 13.5 Å². The number of rotatable bonds is 5. The lowest BCUT2D eigenvalue weighted by Crippen LogP contribution is -2.25. The molecule has 0 aromatic heterocycles. The van der Waals surface area contributed by atoms with Crippen LogP contribution in [0.25, 0.3) is 0 Å². The van der Waals surface area contributed by atoms with Gasteiger partial charge in [0.1, 0.15) is 0 Å². The molecule has 12 heavy (non-hydrogen) atoms. The van der Waals surface area contributed by atoms with E-state index in [1.807, 2.05) is 6.92 Å². The van der Waals surface area contributed by atoms with Crippen molar-refractivity contribution in [1.29, 1.82) is 5.26 Å². The fourth-order valence-electron chi connectivity index (χ4n) is 0.975. The van der Waals surface area contributed by atoms with Gasteiger partial charge in [0, 0.05) is 25.9 Å². The summed E-state index contributed by atoms with van der Waals surface area (Å²) >= 11 is 0. The summed E-state index contributed by atoms with van der Waals surface area (Å²) in [5.74, 6) is 5.88. The van der Waals surface area contributed by atoms with E-state index in [0.29, 0.717) is 6.42 Å². The smallest absolute Gasteiger partial charge is 0.0635 e. The van der Waals surface area contributed by atoms with Crippen LogP contribution < -0.4 is 0 Å². The second-order valence-corrected chi connectivity index (χ2v) is 2.52. The van der Waals surface area contributed by atoms with E-state index in [4.69, 9.17) is 5.26 Å². The Morgan fingerprint density at radius 1 is 1.25 bits per heavy atom. The van der Waals surface area contributed by atoms with Crippen molar-refractivity contribution in [3.05, 3.63) is 0 Å². The summed E-state index contributed by atoms with van der Waals surface area (Å²) in [4.78, 5) is 2.24. The molecule has 66 valence electrons. The molecule has 0 rings (SSSR count). The summed E-state index contributed by atoms with van der Waals surface area (Å²) in [5.41, 5.74) is 0. The Balaban J connectivity index is 3.51. The minimum Gasteiger partial charge on any atom is -0.302 e. The Labute approximate surface area is 75.2 Å². The van der Waals surface area contributed by atoms with E-state index in [-0.39, 0.29) is 0 Å². The largest absolute Gasteiger partial charge is 0.302 e. The van der Waals surface area contributed by atoms with Crippen LogP contribution in [0.15, 0.2) is 0 Å². The number of hydrogen-bond donors (Lipinski definition) is 0. The Morgan fingerprint density at radius 3 is 2.42 bits per heavy atom. The maximum atomic E-state index is 8.38. The van der Waals surface area contributed by atoms with Crippen LogP contribution in [0.3, 0.4) is 0 Å². The fraction of sp³-hybridized carbons (Fsp3) is 0.700. The van der Waals surface area contributed by atoms with E-state index in [9.17, 15) is 0 Å². The van der Waals surface area contributed by atoms with E-state index in [1.54, 1.807) is 0 Å². The lowest BCUT2D eigenvalue weighted by atomic mass is 10.3. The molecule has 0 unspecified atom stereocenters. The molecule has 0 saturated carbocycles. The molecule has 2 heteroatoms. The lowest BCUT2D eigenvalue weighted by molar-refractivity contribution is 0.302. The minimum absolute atomic E-state index is 0.618. The van der Waals surface area contributed by atoms with Gasteiger partial charge in [0.25, 0.3) is 0 Å². The van der Waals surface area contributed by atoms with E-state index < -0.39 is 0 Å². The first-order valence-electron chi connectivity index (χ1n) is 4.34. The third-order valence-electron chi connectivity index (χ3n) is 1.72. The molecule has 0 atom stereocenters. The van der Waals surface area contributed by atoms with Crippen LogP contribution in [-0.2, 0) is 0 Å². The van der Waals surface area contributed by atoms with Crippen LogP contribution >= 0.6 is 0 Å². The first-order chi connectivity index (χ1) is 5.85. The molecule has 0 saturated heterocycles. The average Bonchev–Trinajstić information content (AvgIpc) is 2.11. The Morgan fingerprint density at radius 2 is 1.92 bits per heavy atom. The summed E-state index contributed by atoms with van der Waals surface area (Å²) < 4.78 is 0. The SMILES string of the molecule is CC#CCCN(CC)CCC#N. The summed E-state index contributed by atoms with van der Waals surface area (Å²) in [6, 6.07) is 2.15. The monoisotopic (exact) mass is 164 g/mol. The summed E-state index contributed by atoms with van der Waals surface area (Å²) in [6.45, 7) is 6.83. The Bertz CT molecular complexity index is 192. The standard InChI is InChI=1S/C10H16N2/c1-3-5-6-9-12(4-2)10-7-8-11/h4,6-7,9-10H2,1-2H3. The predicted molar refractivity (Wildman–Crippen MR) is 50.4 cm³/mol. The third kappa shape index (κ3) is 5.77. The van der Waals surface area contributed by atoms with Gasteiger partial charge in [0.2, 0.25) is 0 Å². The van der Waals surface area contributed by atoms with Crippen LogP contribution in [0.5, 0.6) is 0 Å². The van der Waals surface area contributed by atoms with Gasteiger partial charge in [-0.15, -0.1) is 11.8 Å². The number of nitriles is 1. The fourth-order valence-corrected chi connectivity index (χ4v) is 0.975. The molecular weight excluding hydrogens is 148 g/mol. The van der Waals surface area contributed by atoms with E-state index >= 15 is 0 Å². The lowest BCUT2D eigenvalue weighted by Gasteiger charge is -2.16. The zero-order valence-electron chi connectivity index (χ0n) is 7.93. The van der Waals surface area contributed by atoms with Crippen LogP contribution in [0.2, 0.25) is 0 Å². The molecule has 0 aliphatic rings. The van der Waals surface area contributed by atoms with E-state index in [2.05, 4.69) is 29.7 Å². The Hall–Kier alpha value is -0.990. The van der Waals surface area contributed by atoms with Crippen LogP contribution in [-0.4, -0.2) is 24.5 Å². The van der Waals surface area contributed by atoms with Gasteiger partial charge in [0.05, 0.1) is 6.07 Å².